The fourth-order valence-corrected chi connectivity index (χ4v) is 2.99. The Morgan fingerprint density at radius 3 is 2.62 bits per heavy atom. The van der Waals surface area contributed by atoms with Gasteiger partial charge in [0.25, 0.3) is 5.56 Å². The summed E-state index contributed by atoms with van der Waals surface area (Å²) in [6, 6.07) is 5.87. The maximum Gasteiger partial charge on any atom is 0.292 e. The zero-order chi connectivity index (χ0) is 15.0. The molecule has 8 nitrogen and oxygen atoms in total. The zero-order valence-corrected chi connectivity index (χ0v) is 12.1. The van der Waals surface area contributed by atoms with Crippen molar-refractivity contribution in [3.05, 3.63) is 45.5 Å². The number of nitrogens with one attached hydrogen (secondary N) is 1. The van der Waals surface area contributed by atoms with Crippen molar-refractivity contribution in [2.45, 2.75) is 4.90 Å². The first-order valence-corrected chi connectivity index (χ1v) is 8.03. The SMILES string of the molecule is NS(=O)(=O)c1ccc(N/C=c2\sc3ncnn3c2=O)cc1. The molecule has 0 bridgehead atoms. The smallest absolute Gasteiger partial charge is 0.292 e. The fourth-order valence-electron chi connectivity index (χ4n) is 1.67. The second-order valence-corrected chi connectivity index (χ2v) is 6.65. The number of rotatable bonds is 3. The van der Waals surface area contributed by atoms with Crippen LogP contribution in [0.15, 0.2) is 40.3 Å². The summed E-state index contributed by atoms with van der Waals surface area (Å²) in [4.78, 5) is 16.4. The van der Waals surface area contributed by atoms with Gasteiger partial charge in [-0.15, -0.1) is 0 Å². The number of nitrogens with zero attached hydrogens (tertiary/aromatic N) is 3. The van der Waals surface area contributed by atoms with E-state index in [2.05, 4.69) is 15.4 Å². The highest BCUT2D eigenvalue weighted by Gasteiger charge is 2.07. The summed E-state index contributed by atoms with van der Waals surface area (Å²) in [5.41, 5.74) is 0.363. The van der Waals surface area contributed by atoms with E-state index < -0.39 is 10.0 Å². The summed E-state index contributed by atoms with van der Waals surface area (Å²) in [5, 5.41) is 11.7. The Labute approximate surface area is 122 Å². The molecule has 2 aromatic heterocycles. The number of thiazole rings is 1. The van der Waals surface area contributed by atoms with Gasteiger partial charge in [0, 0.05) is 11.9 Å². The lowest BCUT2D eigenvalue weighted by atomic mass is 10.3. The van der Waals surface area contributed by atoms with E-state index in [1.807, 2.05) is 0 Å². The predicted molar refractivity (Wildman–Crippen MR) is 78.3 cm³/mol. The third-order valence-electron chi connectivity index (χ3n) is 2.67. The first-order chi connectivity index (χ1) is 9.95. The highest BCUT2D eigenvalue weighted by molar-refractivity contribution is 7.89. The summed E-state index contributed by atoms with van der Waals surface area (Å²) in [6.07, 6.45) is 2.84. The highest BCUT2D eigenvalue weighted by atomic mass is 32.2. The van der Waals surface area contributed by atoms with E-state index in [-0.39, 0.29) is 10.5 Å². The van der Waals surface area contributed by atoms with Crippen molar-refractivity contribution in [1.29, 1.82) is 0 Å². The third-order valence-corrected chi connectivity index (χ3v) is 4.58. The molecule has 0 aliphatic rings. The molecule has 0 radical (unpaired) electrons. The lowest BCUT2D eigenvalue weighted by molar-refractivity contribution is 0.598. The predicted octanol–water partition coefficient (Wildman–Crippen LogP) is -0.633. The van der Waals surface area contributed by atoms with Gasteiger partial charge in [-0.05, 0) is 24.3 Å². The van der Waals surface area contributed by atoms with Crippen LogP contribution in [-0.4, -0.2) is 23.0 Å². The minimum atomic E-state index is -3.71. The number of primary sulfonamides is 1. The number of hydrogen-bond donors (Lipinski definition) is 2. The van der Waals surface area contributed by atoms with E-state index in [0.717, 1.165) is 0 Å². The average molecular weight is 323 g/mol. The topological polar surface area (TPSA) is 119 Å². The summed E-state index contributed by atoms with van der Waals surface area (Å²) in [6.45, 7) is 0. The van der Waals surface area contributed by atoms with Gasteiger partial charge < -0.3 is 5.32 Å². The van der Waals surface area contributed by atoms with Crippen molar-refractivity contribution in [2.75, 3.05) is 5.32 Å². The number of hydrogen-bond acceptors (Lipinski definition) is 7. The number of sulfonamides is 1. The van der Waals surface area contributed by atoms with Gasteiger partial charge in [-0.1, -0.05) is 11.3 Å². The highest BCUT2D eigenvalue weighted by Crippen LogP contribution is 2.12. The second-order valence-electron chi connectivity index (χ2n) is 4.08. The van der Waals surface area contributed by atoms with Crippen molar-refractivity contribution < 1.29 is 8.42 Å². The first-order valence-electron chi connectivity index (χ1n) is 5.67. The molecular weight excluding hydrogens is 314 g/mol. The number of anilines is 1. The summed E-state index contributed by atoms with van der Waals surface area (Å²) < 4.78 is 23.9. The van der Waals surface area contributed by atoms with Crippen molar-refractivity contribution in [3.8, 4) is 0 Å². The largest absolute Gasteiger partial charge is 0.360 e. The third kappa shape index (κ3) is 2.63. The lowest BCUT2D eigenvalue weighted by Gasteiger charge is -2.01. The molecule has 10 heteroatoms. The second kappa shape index (κ2) is 4.91. The van der Waals surface area contributed by atoms with E-state index in [4.69, 9.17) is 5.14 Å². The Hall–Kier alpha value is -2.30. The molecule has 0 amide bonds. The molecule has 0 fully saturated rings. The molecule has 1 aromatic carbocycles. The monoisotopic (exact) mass is 323 g/mol. The Kier molecular flexibility index (Phi) is 3.20. The molecule has 0 aliphatic carbocycles. The van der Waals surface area contributed by atoms with Crippen LogP contribution in [0.4, 0.5) is 5.69 Å². The number of aromatic nitrogens is 3. The van der Waals surface area contributed by atoms with E-state index >= 15 is 0 Å². The van der Waals surface area contributed by atoms with E-state index in [0.29, 0.717) is 15.2 Å². The van der Waals surface area contributed by atoms with E-state index in [1.54, 1.807) is 12.1 Å². The standard InChI is InChI=1S/C11H9N5O3S2/c12-21(18,19)8-3-1-7(2-4-8)13-5-9-10(17)16-11(20-9)14-6-15-16/h1-6,13H,(H2,12,18,19)/b9-5-. The van der Waals surface area contributed by atoms with E-state index in [9.17, 15) is 13.2 Å². The molecule has 3 aromatic rings. The molecule has 0 aliphatic heterocycles. The maximum atomic E-state index is 11.9. The minimum Gasteiger partial charge on any atom is -0.360 e. The van der Waals surface area contributed by atoms with Gasteiger partial charge >= 0.3 is 0 Å². The minimum absolute atomic E-state index is 0.0244. The molecule has 0 unspecified atom stereocenters. The summed E-state index contributed by atoms with van der Waals surface area (Å²) >= 11 is 1.20. The van der Waals surface area contributed by atoms with Crippen LogP contribution in [0.5, 0.6) is 0 Å². The molecule has 0 spiro atoms. The van der Waals surface area contributed by atoms with Crippen molar-refractivity contribution >= 4 is 38.2 Å². The Morgan fingerprint density at radius 2 is 2.00 bits per heavy atom. The van der Waals surface area contributed by atoms with Crippen LogP contribution >= 0.6 is 11.3 Å². The van der Waals surface area contributed by atoms with Crippen molar-refractivity contribution in [3.63, 3.8) is 0 Å². The Morgan fingerprint density at radius 1 is 1.29 bits per heavy atom. The van der Waals surface area contributed by atoms with Gasteiger partial charge in [0.15, 0.2) is 0 Å². The molecule has 21 heavy (non-hydrogen) atoms. The molecule has 108 valence electrons. The van der Waals surface area contributed by atoms with Gasteiger partial charge in [0.2, 0.25) is 15.0 Å². The molecule has 3 N–H and O–H groups in total. The first kappa shape index (κ1) is 13.7. The number of nitrogens with two attached hydrogens (primary N) is 1. The Balaban J connectivity index is 1.90. The zero-order valence-electron chi connectivity index (χ0n) is 10.4. The van der Waals surface area contributed by atoms with Gasteiger partial charge in [-0.25, -0.2) is 18.5 Å². The molecule has 2 heterocycles. The van der Waals surface area contributed by atoms with Crippen LogP contribution in [0.1, 0.15) is 0 Å². The molecular formula is C11H9N5O3S2. The lowest BCUT2D eigenvalue weighted by Crippen LogP contribution is -2.24. The molecule has 0 saturated carbocycles. The van der Waals surface area contributed by atoms with Crippen LogP contribution in [0, 0.1) is 0 Å². The van der Waals surface area contributed by atoms with Crippen LogP contribution in [0.3, 0.4) is 0 Å². The summed E-state index contributed by atoms with van der Waals surface area (Å²) in [5.74, 6) is 0. The van der Waals surface area contributed by atoms with Crippen LogP contribution in [-0.2, 0) is 10.0 Å². The Bertz CT molecular complexity index is 1000. The average Bonchev–Trinajstić information content (AvgIpc) is 3.00. The summed E-state index contributed by atoms with van der Waals surface area (Å²) in [7, 11) is -3.71. The molecule has 0 atom stereocenters. The van der Waals surface area contributed by atoms with Gasteiger partial charge in [0.1, 0.15) is 10.9 Å². The van der Waals surface area contributed by atoms with Crippen LogP contribution in [0.25, 0.3) is 11.2 Å². The van der Waals surface area contributed by atoms with Gasteiger partial charge in [-0.2, -0.15) is 9.61 Å². The maximum absolute atomic E-state index is 11.9. The normalized spacial score (nSPS) is 12.9. The number of benzene rings is 1. The van der Waals surface area contributed by atoms with Crippen LogP contribution in [0.2, 0.25) is 0 Å². The van der Waals surface area contributed by atoms with Crippen molar-refractivity contribution in [1.82, 2.24) is 14.6 Å². The van der Waals surface area contributed by atoms with Crippen molar-refractivity contribution in [2.24, 2.45) is 5.14 Å². The molecule has 3 rings (SSSR count). The van der Waals surface area contributed by atoms with Crippen LogP contribution < -0.4 is 20.5 Å². The van der Waals surface area contributed by atoms with Gasteiger partial charge in [-0.3, -0.25) is 4.79 Å². The quantitative estimate of drug-likeness (QED) is 0.662. The molecule has 0 saturated heterocycles. The van der Waals surface area contributed by atoms with E-state index in [1.165, 1.54) is 40.5 Å². The van der Waals surface area contributed by atoms with Gasteiger partial charge in [0.05, 0.1) is 4.90 Å². The fraction of sp³-hybridized carbons (Fsp3) is 0. The number of fused-ring (bicyclic) bond motifs is 1.